The Hall–Kier alpha value is -2.90. The first-order valence-corrected chi connectivity index (χ1v) is 8.98. The van der Waals surface area contributed by atoms with Crippen LogP contribution in [-0.2, 0) is 9.53 Å². The van der Waals surface area contributed by atoms with Crippen molar-refractivity contribution < 1.29 is 18.7 Å². The van der Waals surface area contributed by atoms with Gasteiger partial charge >= 0.3 is 6.09 Å². The second-order valence-electron chi connectivity index (χ2n) is 5.41. The lowest BCUT2D eigenvalue weighted by molar-refractivity contribution is -0.111. The van der Waals surface area contributed by atoms with E-state index in [1.165, 1.54) is 36.7 Å². The molecule has 0 spiro atoms. The first-order valence-electron chi connectivity index (χ1n) is 7.78. The molecule has 8 heteroatoms. The van der Waals surface area contributed by atoms with Crippen molar-refractivity contribution >= 4 is 62.5 Å². The zero-order valence-electron chi connectivity index (χ0n) is 14.1. The van der Waals surface area contributed by atoms with E-state index in [1.54, 1.807) is 6.08 Å². The number of hydrogen-bond donors (Lipinski definition) is 2. The van der Waals surface area contributed by atoms with Crippen LogP contribution in [0.5, 0.6) is 0 Å². The van der Waals surface area contributed by atoms with Gasteiger partial charge in [-0.25, -0.2) is 9.18 Å². The number of amides is 2. The topological polar surface area (TPSA) is 67.4 Å². The summed E-state index contributed by atoms with van der Waals surface area (Å²) in [6.07, 6.45) is 2.16. The summed E-state index contributed by atoms with van der Waals surface area (Å²) < 4.78 is 19.2. The first-order chi connectivity index (χ1) is 13.0. The Morgan fingerprint density at radius 1 is 1.19 bits per heavy atom. The van der Waals surface area contributed by atoms with Gasteiger partial charge in [-0.2, -0.15) is 0 Å². The van der Waals surface area contributed by atoms with E-state index < -0.39 is 17.8 Å². The highest BCUT2D eigenvalue weighted by Crippen LogP contribution is 2.35. The predicted octanol–water partition coefficient (Wildman–Crippen LogP) is 5.52. The van der Waals surface area contributed by atoms with Crippen LogP contribution in [0.3, 0.4) is 0 Å². The lowest BCUT2D eigenvalue weighted by Crippen LogP contribution is -2.13. The SMILES string of the molecule is COC(=O)Nc1cc(NC(=O)C=Cc2sc3ccccc3c2Cl)ccc1F. The summed E-state index contributed by atoms with van der Waals surface area (Å²) in [5.41, 5.74) is 0.219. The molecule has 2 aromatic carbocycles. The molecule has 0 bridgehead atoms. The number of anilines is 2. The summed E-state index contributed by atoms with van der Waals surface area (Å²) >= 11 is 7.81. The van der Waals surface area contributed by atoms with Crippen LogP contribution in [0.1, 0.15) is 4.88 Å². The molecule has 0 radical (unpaired) electrons. The monoisotopic (exact) mass is 404 g/mol. The molecular formula is C19H14ClFN2O3S. The van der Waals surface area contributed by atoms with Crippen molar-refractivity contribution in [2.75, 3.05) is 17.7 Å². The largest absolute Gasteiger partial charge is 0.453 e. The van der Waals surface area contributed by atoms with Crippen molar-refractivity contribution in [2.24, 2.45) is 0 Å². The van der Waals surface area contributed by atoms with Gasteiger partial charge in [-0.1, -0.05) is 29.8 Å². The molecule has 0 saturated carbocycles. The fourth-order valence-corrected chi connectivity index (χ4v) is 3.73. The fourth-order valence-electron chi connectivity index (χ4n) is 2.34. The van der Waals surface area contributed by atoms with E-state index in [9.17, 15) is 14.0 Å². The van der Waals surface area contributed by atoms with E-state index in [2.05, 4.69) is 15.4 Å². The number of nitrogens with one attached hydrogen (secondary N) is 2. The first kappa shape index (κ1) is 18.9. The van der Waals surface area contributed by atoms with Crippen molar-refractivity contribution in [1.82, 2.24) is 0 Å². The summed E-state index contributed by atoms with van der Waals surface area (Å²) in [4.78, 5) is 24.1. The second kappa shape index (κ2) is 8.20. The van der Waals surface area contributed by atoms with Crippen LogP contribution >= 0.6 is 22.9 Å². The zero-order valence-corrected chi connectivity index (χ0v) is 15.7. The van der Waals surface area contributed by atoms with E-state index in [1.807, 2.05) is 24.3 Å². The second-order valence-corrected chi connectivity index (χ2v) is 6.87. The molecule has 1 heterocycles. The number of benzene rings is 2. The molecule has 0 fully saturated rings. The molecule has 3 aromatic rings. The van der Waals surface area contributed by atoms with E-state index in [0.29, 0.717) is 10.7 Å². The highest BCUT2D eigenvalue weighted by Gasteiger charge is 2.10. The number of ether oxygens (including phenoxy) is 1. The molecule has 0 aliphatic carbocycles. The van der Waals surface area contributed by atoms with Gasteiger partial charge in [0.15, 0.2) is 0 Å². The predicted molar refractivity (Wildman–Crippen MR) is 107 cm³/mol. The average Bonchev–Trinajstić information content (AvgIpc) is 2.99. The molecule has 2 N–H and O–H groups in total. The van der Waals surface area contributed by atoms with Crippen LogP contribution in [0.2, 0.25) is 5.02 Å². The highest BCUT2D eigenvalue weighted by atomic mass is 35.5. The molecule has 2 amide bonds. The number of fused-ring (bicyclic) bond motifs is 1. The van der Waals surface area contributed by atoms with Crippen LogP contribution in [0, 0.1) is 5.82 Å². The quantitative estimate of drug-likeness (QED) is 0.562. The molecule has 0 atom stereocenters. The van der Waals surface area contributed by atoms with Gasteiger partial charge in [0.2, 0.25) is 5.91 Å². The van der Waals surface area contributed by atoms with Gasteiger partial charge in [-0.05, 0) is 30.3 Å². The van der Waals surface area contributed by atoms with Crippen molar-refractivity contribution in [1.29, 1.82) is 0 Å². The Labute approximate surface area is 163 Å². The van der Waals surface area contributed by atoms with Gasteiger partial charge in [-0.3, -0.25) is 10.1 Å². The van der Waals surface area contributed by atoms with Gasteiger partial charge in [0.05, 0.1) is 17.8 Å². The molecule has 5 nitrogen and oxygen atoms in total. The van der Waals surface area contributed by atoms with Gasteiger partial charge in [0.1, 0.15) is 5.82 Å². The van der Waals surface area contributed by atoms with Crippen LogP contribution in [0.4, 0.5) is 20.6 Å². The third kappa shape index (κ3) is 4.45. The Bertz CT molecular complexity index is 1050. The Morgan fingerprint density at radius 2 is 1.96 bits per heavy atom. The number of carbonyl (C=O) groups excluding carboxylic acids is 2. The number of carbonyl (C=O) groups is 2. The van der Waals surface area contributed by atoms with Gasteiger partial charge in [-0.15, -0.1) is 11.3 Å². The molecule has 1 aromatic heterocycles. The lowest BCUT2D eigenvalue weighted by Gasteiger charge is -2.08. The summed E-state index contributed by atoms with van der Waals surface area (Å²) in [5.74, 6) is -1.06. The number of hydrogen-bond acceptors (Lipinski definition) is 4. The molecule has 27 heavy (non-hydrogen) atoms. The summed E-state index contributed by atoms with van der Waals surface area (Å²) in [7, 11) is 1.17. The van der Waals surface area contributed by atoms with Crippen LogP contribution in [-0.4, -0.2) is 19.1 Å². The Morgan fingerprint density at radius 3 is 2.70 bits per heavy atom. The lowest BCUT2D eigenvalue weighted by atomic mass is 10.2. The van der Waals surface area contributed by atoms with E-state index in [-0.39, 0.29) is 5.69 Å². The maximum Gasteiger partial charge on any atom is 0.411 e. The van der Waals surface area contributed by atoms with Crippen molar-refractivity contribution in [3.05, 3.63) is 64.3 Å². The number of thiophene rings is 1. The van der Waals surface area contributed by atoms with Crippen LogP contribution in [0.25, 0.3) is 16.2 Å². The Kier molecular flexibility index (Phi) is 5.73. The minimum absolute atomic E-state index is 0.101. The van der Waals surface area contributed by atoms with E-state index in [0.717, 1.165) is 21.0 Å². The number of methoxy groups -OCH3 is 1. The minimum atomic E-state index is -0.809. The number of halogens is 2. The number of rotatable bonds is 4. The molecule has 3 rings (SSSR count). The minimum Gasteiger partial charge on any atom is -0.453 e. The zero-order chi connectivity index (χ0) is 19.4. The third-order valence-electron chi connectivity index (χ3n) is 3.60. The average molecular weight is 405 g/mol. The molecular weight excluding hydrogens is 391 g/mol. The van der Waals surface area contributed by atoms with Crippen LogP contribution < -0.4 is 10.6 Å². The molecule has 0 aliphatic heterocycles. The Balaban J connectivity index is 1.73. The maximum atomic E-state index is 13.7. The smallest absolute Gasteiger partial charge is 0.411 e. The van der Waals surface area contributed by atoms with Gasteiger partial charge in [0.25, 0.3) is 0 Å². The maximum absolute atomic E-state index is 13.7. The summed E-state index contributed by atoms with van der Waals surface area (Å²) in [6.45, 7) is 0. The van der Waals surface area contributed by atoms with Gasteiger partial charge < -0.3 is 10.1 Å². The standard InChI is InChI=1S/C19H14ClFN2O3S/c1-26-19(25)23-14-10-11(6-7-13(14)21)22-17(24)9-8-16-18(20)12-4-2-3-5-15(12)27-16/h2-10H,1H3,(H,22,24)(H,23,25). The highest BCUT2D eigenvalue weighted by molar-refractivity contribution is 7.20. The third-order valence-corrected chi connectivity index (χ3v) is 5.26. The van der Waals surface area contributed by atoms with E-state index in [4.69, 9.17) is 11.6 Å². The molecule has 0 saturated heterocycles. The van der Waals surface area contributed by atoms with Crippen molar-refractivity contribution in [3.8, 4) is 0 Å². The normalized spacial score (nSPS) is 10.9. The molecule has 138 valence electrons. The summed E-state index contributed by atoms with van der Waals surface area (Å²) in [6, 6.07) is 11.5. The molecule has 0 aliphatic rings. The fraction of sp³-hybridized carbons (Fsp3) is 0.0526. The molecule has 0 unspecified atom stereocenters. The van der Waals surface area contributed by atoms with Crippen LogP contribution in [0.15, 0.2) is 48.5 Å². The summed E-state index contributed by atoms with van der Waals surface area (Å²) in [5, 5.41) is 6.35. The van der Waals surface area contributed by atoms with Crippen molar-refractivity contribution in [2.45, 2.75) is 0 Å². The van der Waals surface area contributed by atoms with Crippen molar-refractivity contribution in [3.63, 3.8) is 0 Å². The van der Waals surface area contributed by atoms with E-state index >= 15 is 0 Å². The van der Waals surface area contributed by atoms with Gasteiger partial charge in [0, 0.05) is 26.7 Å².